The normalized spacial score (nSPS) is 27.1. The number of anilines is 1. The van der Waals surface area contributed by atoms with Crippen molar-refractivity contribution in [1.29, 1.82) is 0 Å². The molecule has 6 heteroatoms. The van der Waals surface area contributed by atoms with Crippen molar-refractivity contribution in [2.24, 2.45) is 11.8 Å². The van der Waals surface area contributed by atoms with E-state index in [-0.39, 0.29) is 36.4 Å². The van der Waals surface area contributed by atoms with Crippen LogP contribution in [-0.4, -0.2) is 50.1 Å². The zero-order valence-corrected chi connectivity index (χ0v) is 18.3. The molecule has 0 spiro atoms. The van der Waals surface area contributed by atoms with E-state index < -0.39 is 0 Å². The summed E-state index contributed by atoms with van der Waals surface area (Å²) in [7, 11) is 1.63. The molecule has 1 saturated heterocycles. The molecule has 4 atom stereocenters. The standard InChI is InChI=1S/C26H29NO5/c1-30-20-8-4-18(5-9-20)23-15-31-26-21(25(23)29)10-11-24-22(26)14-27(16-32-24)19-6-2-17(3-7-19)12-13-28/h2-9,15,21-22,24,26,28H,10-14,16H2,1H3. The average molecular weight is 436 g/mol. The van der Waals surface area contributed by atoms with Crippen LogP contribution in [-0.2, 0) is 20.7 Å². The predicted molar refractivity (Wildman–Crippen MR) is 121 cm³/mol. The first kappa shape index (κ1) is 21.0. The lowest BCUT2D eigenvalue weighted by atomic mass is 9.71. The highest BCUT2D eigenvalue weighted by atomic mass is 16.5. The Morgan fingerprint density at radius 2 is 1.88 bits per heavy atom. The summed E-state index contributed by atoms with van der Waals surface area (Å²) < 4.78 is 17.7. The van der Waals surface area contributed by atoms with Gasteiger partial charge in [-0.1, -0.05) is 24.3 Å². The zero-order valence-electron chi connectivity index (χ0n) is 18.3. The predicted octanol–water partition coefficient (Wildman–Crippen LogP) is 3.43. The second kappa shape index (κ2) is 8.96. The molecule has 2 aliphatic heterocycles. The molecule has 32 heavy (non-hydrogen) atoms. The van der Waals surface area contributed by atoms with Crippen LogP contribution in [0.15, 0.2) is 54.8 Å². The number of ether oxygens (including phenoxy) is 3. The van der Waals surface area contributed by atoms with Gasteiger partial charge in [0.05, 0.1) is 31.0 Å². The van der Waals surface area contributed by atoms with Gasteiger partial charge in [-0.15, -0.1) is 0 Å². The Hall–Kier alpha value is -2.83. The first-order valence-corrected chi connectivity index (χ1v) is 11.3. The summed E-state index contributed by atoms with van der Waals surface area (Å²) in [5, 5.41) is 9.13. The number of aliphatic hydroxyl groups excluding tert-OH is 1. The lowest BCUT2D eigenvalue weighted by Gasteiger charge is -2.48. The lowest BCUT2D eigenvalue weighted by molar-refractivity contribution is -0.140. The number of ketones is 1. The van der Waals surface area contributed by atoms with Crippen molar-refractivity contribution in [3.8, 4) is 5.75 Å². The van der Waals surface area contributed by atoms with E-state index in [4.69, 9.17) is 19.3 Å². The van der Waals surface area contributed by atoms with Crippen molar-refractivity contribution in [3.63, 3.8) is 0 Å². The maximum Gasteiger partial charge on any atom is 0.173 e. The largest absolute Gasteiger partial charge is 0.497 e. The van der Waals surface area contributed by atoms with E-state index in [2.05, 4.69) is 17.0 Å². The molecule has 0 aromatic heterocycles. The molecule has 5 rings (SSSR count). The SMILES string of the molecule is COc1ccc(C2=COC3C(CCC4OCN(c5ccc(CCO)cc5)CC43)C2=O)cc1. The summed E-state index contributed by atoms with van der Waals surface area (Å²) in [5.41, 5.74) is 3.70. The Labute approximate surface area is 188 Å². The number of rotatable bonds is 5. The molecule has 168 valence electrons. The first-order chi connectivity index (χ1) is 15.7. The van der Waals surface area contributed by atoms with Gasteiger partial charge < -0.3 is 24.2 Å². The fraction of sp³-hybridized carbons (Fsp3) is 0.423. The van der Waals surface area contributed by atoms with Crippen molar-refractivity contribution in [3.05, 3.63) is 65.9 Å². The Morgan fingerprint density at radius 3 is 2.59 bits per heavy atom. The molecule has 1 N–H and O–H groups in total. The zero-order chi connectivity index (χ0) is 22.1. The highest BCUT2D eigenvalue weighted by molar-refractivity contribution is 6.22. The Balaban J connectivity index is 1.33. The van der Waals surface area contributed by atoms with Crippen molar-refractivity contribution >= 4 is 17.0 Å². The van der Waals surface area contributed by atoms with Gasteiger partial charge in [-0.2, -0.15) is 0 Å². The molecule has 2 aromatic rings. The first-order valence-electron chi connectivity index (χ1n) is 11.3. The molecular formula is C26H29NO5. The number of Topliss-reactive ketones (excluding diaryl/α,β-unsaturated/α-hetero) is 1. The molecule has 0 bridgehead atoms. The Kier molecular flexibility index (Phi) is 5.89. The molecule has 2 heterocycles. The highest BCUT2D eigenvalue weighted by Gasteiger charge is 2.49. The smallest absolute Gasteiger partial charge is 0.173 e. The monoisotopic (exact) mass is 435 g/mol. The minimum Gasteiger partial charge on any atom is -0.497 e. The molecule has 1 aliphatic carbocycles. The fourth-order valence-corrected chi connectivity index (χ4v) is 5.20. The number of aliphatic hydroxyl groups is 1. The van der Waals surface area contributed by atoms with Crippen LogP contribution in [0.25, 0.3) is 5.57 Å². The number of fused-ring (bicyclic) bond motifs is 3. The van der Waals surface area contributed by atoms with Gasteiger partial charge in [0, 0.05) is 24.8 Å². The summed E-state index contributed by atoms with van der Waals surface area (Å²) in [6.07, 6.45) is 3.92. The molecule has 3 aliphatic rings. The third kappa shape index (κ3) is 3.89. The molecule has 2 fully saturated rings. The number of hydrogen-bond acceptors (Lipinski definition) is 6. The number of benzene rings is 2. The van der Waals surface area contributed by atoms with Gasteiger partial charge in [0.25, 0.3) is 0 Å². The van der Waals surface area contributed by atoms with E-state index in [1.165, 1.54) is 0 Å². The highest BCUT2D eigenvalue weighted by Crippen LogP contribution is 2.42. The molecule has 0 amide bonds. The van der Waals surface area contributed by atoms with Crippen molar-refractivity contribution in [2.75, 3.05) is 31.9 Å². The quantitative estimate of drug-likeness (QED) is 0.776. The number of carbonyl (C=O) groups is 1. The summed E-state index contributed by atoms with van der Waals surface area (Å²) in [4.78, 5) is 15.6. The van der Waals surface area contributed by atoms with Crippen LogP contribution in [0, 0.1) is 11.8 Å². The number of methoxy groups -OCH3 is 1. The molecule has 6 nitrogen and oxygen atoms in total. The Morgan fingerprint density at radius 1 is 1.09 bits per heavy atom. The van der Waals surface area contributed by atoms with Gasteiger partial charge in [-0.3, -0.25) is 4.79 Å². The van der Waals surface area contributed by atoms with E-state index in [1.54, 1.807) is 13.4 Å². The Bertz CT molecular complexity index is 984. The number of hydrogen-bond donors (Lipinski definition) is 1. The van der Waals surface area contributed by atoms with Gasteiger partial charge >= 0.3 is 0 Å². The van der Waals surface area contributed by atoms with Crippen LogP contribution < -0.4 is 9.64 Å². The van der Waals surface area contributed by atoms with Crippen LogP contribution in [0.1, 0.15) is 24.0 Å². The number of carbonyl (C=O) groups excluding carboxylic acids is 1. The van der Waals surface area contributed by atoms with E-state index >= 15 is 0 Å². The minimum absolute atomic E-state index is 0.116. The molecule has 1 saturated carbocycles. The number of allylic oxidation sites excluding steroid dienone is 1. The summed E-state index contributed by atoms with van der Waals surface area (Å²) in [6.45, 7) is 1.49. The van der Waals surface area contributed by atoms with Gasteiger partial charge in [-0.05, 0) is 54.7 Å². The van der Waals surface area contributed by atoms with E-state index in [1.807, 2.05) is 36.4 Å². The van der Waals surface area contributed by atoms with Crippen LogP contribution in [0.5, 0.6) is 5.75 Å². The van der Waals surface area contributed by atoms with Gasteiger partial charge in [0.1, 0.15) is 18.6 Å². The third-order valence-corrected chi connectivity index (χ3v) is 6.98. The van der Waals surface area contributed by atoms with Crippen LogP contribution >= 0.6 is 0 Å². The molecule has 0 radical (unpaired) electrons. The summed E-state index contributed by atoms with van der Waals surface area (Å²) >= 11 is 0. The van der Waals surface area contributed by atoms with E-state index in [0.29, 0.717) is 18.7 Å². The third-order valence-electron chi connectivity index (χ3n) is 6.98. The maximum atomic E-state index is 13.4. The van der Waals surface area contributed by atoms with Gasteiger partial charge in [0.2, 0.25) is 0 Å². The topological polar surface area (TPSA) is 68.2 Å². The fourth-order valence-electron chi connectivity index (χ4n) is 5.20. The average Bonchev–Trinajstić information content (AvgIpc) is 2.85. The van der Waals surface area contributed by atoms with Crippen molar-refractivity contribution < 1.29 is 24.1 Å². The van der Waals surface area contributed by atoms with Crippen LogP contribution in [0.2, 0.25) is 0 Å². The maximum absolute atomic E-state index is 13.4. The van der Waals surface area contributed by atoms with Crippen LogP contribution in [0.4, 0.5) is 5.69 Å². The molecule has 2 aromatic carbocycles. The lowest BCUT2D eigenvalue weighted by Crippen LogP contribution is -2.56. The second-order valence-electron chi connectivity index (χ2n) is 8.77. The number of nitrogens with zero attached hydrogens (tertiary/aromatic N) is 1. The van der Waals surface area contributed by atoms with Gasteiger partial charge in [-0.25, -0.2) is 0 Å². The van der Waals surface area contributed by atoms with Gasteiger partial charge in [0.15, 0.2) is 5.78 Å². The summed E-state index contributed by atoms with van der Waals surface area (Å²) in [6, 6.07) is 15.8. The minimum atomic E-state index is -0.167. The second-order valence-corrected chi connectivity index (χ2v) is 8.77. The van der Waals surface area contributed by atoms with Crippen LogP contribution in [0.3, 0.4) is 0 Å². The molecular weight excluding hydrogens is 406 g/mol. The van der Waals surface area contributed by atoms with Crippen molar-refractivity contribution in [1.82, 2.24) is 0 Å². The van der Waals surface area contributed by atoms with E-state index in [0.717, 1.165) is 42.0 Å². The molecule has 4 unspecified atom stereocenters. The van der Waals surface area contributed by atoms with Crippen molar-refractivity contribution in [2.45, 2.75) is 31.5 Å². The summed E-state index contributed by atoms with van der Waals surface area (Å²) in [5.74, 6) is 0.919. The van der Waals surface area contributed by atoms with E-state index in [9.17, 15) is 4.79 Å².